The van der Waals surface area contributed by atoms with Crippen LogP contribution in [0.25, 0.3) is 0 Å². The summed E-state index contributed by atoms with van der Waals surface area (Å²) in [5.41, 5.74) is 0. The van der Waals surface area contributed by atoms with Crippen molar-refractivity contribution in [2.45, 2.75) is 38.6 Å². The van der Waals surface area contributed by atoms with Gasteiger partial charge < -0.3 is 10.2 Å². The monoisotopic (exact) mass is 196 g/mol. The van der Waals surface area contributed by atoms with Crippen molar-refractivity contribution in [3.63, 3.8) is 0 Å². The van der Waals surface area contributed by atoms with Crippen LogP contribution >= 0.6 is 0 Å². The molecule has 3 nitrogen and oxygen atoms in total. The van der Waals surface area contributed by atoms with Crippen LogP contribution < -0.4 is 5.32 Å². The fraction of sp³-hybridized carbons (Fsp3) is 0.909. The molecule has 2 aliphatic rings. The van der Waals surface area contributed by atoms with Gasteiger partial charge in [-0.2, -0.15) is 0 Å². The van der Waals surface area contributed by atoms with E-state index in [4.69, 9.17) is 0 Å². The molecule has 0 aromatic carbocycles. The molecule has 1 N–H and O–H groups in total. The maximum Gasteiger partial charge on any atom is 0.239 e. The van der Waals surface area contributed by atoms with Gasteiger partial charge in [0.2, 0.25) is 5.91 Å². The van der Waals surface area contributed by atoms with Crippen LogP contribution in [0.3, 0.4) is 0 Å². The van der Waals surface area contributed by atoms with Crippen LogP contribution in [0.2, 0.25) is 0 Å². The van der Waals surface area contributed by atoms with E-state index in [0.29, 0.717) is 11.8 Å². The van der Waals surface area contributed by atoms with Crippen LogP contribution in [0, 0.1) is 5.92 Å². The number of carbonyl (C=O) groups is 1. The fourth-order valence-electron chi connectivity index (χ4n) is 2.51. The Labute approximate surface area is 85.8 Å². The van der Waals surface area contributed by atoms with E-state index in [2.05, 4.69) is 12.2 Å². The molecule has 0 spiro atoms. The summed E-state index contributed by atoms with van der Waals surface area (Å²) in [6.07, 6.45) is 4.78. The zero-order valence-corrected chi connectivity index (χ0v) is 8.96. The predicted molar refractivity (Wildman–Crippen MR) is 56.0 cm³/mol. The second-order valence-electron chi connectivity index (χ2n) is 4.58. The molecule has 0 saturated carbocycles. The van der Waals surface area contributed by atoms with Gasteiger partial charge in [0.05, 0.1) is 6.04 Å². The lowest BCUT2D eigenvalue weighted by atomic mass is 9.92. The second kappa shape index (κ2) is 4.30. The van der Waals surface area contributed by atoms with Gasteiger partial charge in [-0.25, -0.2) is 0 Å². The Hall–Kier alpha value is -0.570. The zero-order valence-electron chi connectivity index (χ0n) is 8.96. The van der Waals surface area contributed by atoms with Crippen molar-refractivity contribution in [3.05, 3.63) is 0 Å². The number of amides is 1. The van der Waals surface area contributed by atoms with Crippen LogP contribution in [-0.4, -0.2) is 36.5 Å². The Morgan fingerprint density at radius 1 is 1.29 bits per heavy atom. The van der Waals surface area contributed by atoms with E-state index in [0.717, 1.165) is 19.6 Å². The molecule has 14 heavy (non-hydrogen) atoms. The fourth-order valence-corrected chi connectivity index (χ4v) is 2.51. The summed E-state index contributed by atoms with van der Waals surface area (Å²) in [6.45, 7) is 5.15. The largest absolute Gasteiger partial charge is 0.341 e. The van der Waals surface area contributed by atoms with E-state index in [1.807, 2.05) is 4.90 Å². The molecule has 80 valence electrons. The summed E-state index contributed by atoms with van der Waals surface area (Å²) in [5, 5.41) is 3.35. The van der Waals surface area contributed by atoms with Crippen molar-refractivity contribution < 1.29 is 4.79 Å². The Kier molecular flexibility index (Phi) is 3.06. The third kappa shape index (κ3) is 1.92. The normalized spacial score (nSPS) is 33.4. The third-order valence-electron chi connectivity index (χ3n) is 3.45. The molecule has 1 amide bonds. The maximum atomic E-state index is 12.1. The predicted octanol–water partition coefficient (Wildman–Crippen LogP) is 0.997. The van der Waals surface area contributed by atoms with Gasteiger partial charge in [0.1, 0.15) is 0 Å². The van der Waals surface area contributed by atoms with Crippen LogP contribution in [0.15, 0.2) is 0 Å². The highest BCUT2D eigenvalue weighted by molar-refractivity contribution is 5.82. The number of nitrogens with zero attached hydrogens (tertiary/aromatic N) is 1. The first-order chi connectivity index (χ1) is 6.79. The quantitative estimate of drug-likeness (QED) is 0.678. The minimum Gasteiger partial charge on any atom is -0.341 e. The number of piperidine rings is 1. The van der Waals surface area contributed by atoms with Crippen LogP contribution in [0.1, 0.15) is 32.6 Å². The number of rotatable bonds is 1. The van der Waals surface area contributed by atoms with E-state index in [1.54, 1.807) is 0 Å². The summed E-state index contributed by atoms with van der Waals surface area (Å²) < 4.78 is 0. The second-order valence-corrected chi connectivity index (χ2v) is 4.58. The average Bonchev–Trinajstić information content (AvgIpc) is 2.70. The SMILES string of the molecule is CC1CCCNC1C(=O)N1CCCC1. The zero-order chi connectivity index (χ0) is 9.97. The molecule has 2 unspecified atom stereocenters. The lowest BCUT2D eigenvalue weighted by Crippen LogP contribution is -2.51. The summed E-state index contributed by atoms with van der Waals surface area (Å²) in [7, 11) is 0. The first-order valence-corrected chi connectivity index (χ1v) is 5.81. The Morgan fingerprint density at radius 3 is 2.64 bits per heavy atom. The minimum absolute atomic E-state index is 0.0989. The van der Waals surface area contributed by atoms with Gasteiger partial charge in [-0.15, -0.1) is 0 Å². The van der Waals surface area contributed by atoms with Crippen molar-refractivity contribution in [2.75, 3.05) is 19.6 Å². The molecule has 2 aliphatic heterocycles. The average molecular weight is 196 g/mol. The van der Waals surface area contributed by atoms with Crippen LogP contribution in [-0.2, 0) is 4.79 Å². The molecule has 0 radical (unpaired) electrons. The summed E-state index contributed by atoms with van der Waals surface area (Å²) >= 11 is 0. The Bertz CT molecular complexity index is 211. The van der Waals surface area contributed by atoms with Crippen molar-refractivity contribution in [2.24, 2.45) is 5.92 Å². The van der Waals surface area contributed by atoms with Gasteiger partial charge in [-0.3, -0.25) is 4.79 Å². The van der Waals surface area contributed by atoms with Gasteiger partial charge in [0.15, 0.2) is 0 Å². The van der Waals surface area contributed by atoms with E-state index >= 15 is 0 Å². The lowest BCUT2D eigenvalue weighted by molar-refractivity contribution is -0.134. The number of likely N-dealkylation sites (tertiary alicyclic amines) is 1. The molecular weight excluding hydrogens is 176 g/mol. The molecular formula is C11H20N2O. The molecule has 2 saturated heterocycles. The summed E-state index contributed by atoms with van der Waals surface area (Å²) in [5.74, 6) is 0.853. The van der Waals surface area contributed by atoms with Crippen LogP contribution in [0.5, 0.6) is 0 Å². The first kappa shape index (κ1) is 9.97. The summed E-state index contributed by atoms with van der Waals surface area (Å²) in [6, 6.07) is 0.0989. The van der Waals surface area contributed by atoms with E-state index in [-0.39, 0.29) is 6.04 Å². The van der Waals surface area contributed by atoms with E-state index in [9.17, 15) is 4.79 Å². The highest BCUT2D eigenvalue weighted by atomic mass is 16.2. The van der Waals surface area contributed by atoms with Crippen molar-refractivity contribution in [3.8, 4) is 0 Å². The minimum atomic E-state index is 0.0989. The smallest absolute Gasteiger partial charge is 0.239 e. The van der Waals surface area contributed by atoms with Crippen molar-refractivity contribution >= 4 is 5.91 Å². The standard InChI is InChI=1S/C11H20N2O/c1-9-5-4-6-12-10(9)11(14)13-7-2-3-8-13/h9-10,12H,2-8H2,1H3. The van der Waals surface area contributed by atoms with Gasteiger partial charge in [0, 0.05) is 13.1 Å². The molecule has 0 aromatic heterocycles. The molecule has 2 rings (SSSR count). The van der Waals surface area contributed by atoms with Gasteiger partial charge in [-0.1, -0.05) is 6.92 Å². The van der Waals surface area contributed by atoms with Crippen molar-refractivity contribution in [1.29, 1.82) is 0 Å². The van der Waals surface area contributed by atoms with Gasteiger partial charge in [-0.05, 0) is 38.1 Å². The van der Waals surface area contributed by atoms with E-state index < -0.39 is 0 Å². The molecule has 2 fully saturated rings. The number of hydrogen-bond acceptors (Lipinski definition) is 2. The molecule has 2 heterocycles. The summed E-state index contributed by atoms with van der Waals surface area (Å²) in [4.78, 5) is 14.1. The van der Waals surface area contributed by atoms with Gasteiger partial charge in [0.25, 0.3) is 0 Å². The maximum absolute atomic E-state index is 12.1. The molecule has 0 bridgehead atoms. The topological polar surface area (TPSA) is 32.3 Å². The lowest BCUT2D eigenvalue weighted by Gasteiger charge is -2.32. The third-order valence-corrected chi connectivity index (χ3v) is 3.45. The Balaban J connectivity index is 1.94. The molecule has 0 aliphatic carbocycles. The number of hydrogen-bond donors (Lipinski definition) is 1. The molecule has 0 aromatic rings. The molecule has 2 atom stereocenters. The molecule has 3 heteroatoms. The van der Waals surface area contributed by atoms with E-state index in [1.165, 1.54) is 25.7 Å². The Morgan fingerprint density at radius 2 is 2.00 bits per heavy atom. The first-order valence-electron chi connectivity index (χ1n) is 5.81. The highest BCUT2D eigenvalue weighted by Crippen LogP contribution is 2.19. The van der Waals surface area contributed by atoms with Crippen molar-refractivity contribution in [1.82, 2.24) is 10.2 Å². The highest BCUT2D eigenvalue weighted by Gasteiger charge is 2.31. The number of carbonyl (C=O) groups excluding carboxylic acids is 1. The van der Waals surface area contributed by atoms with Crippen LogP contribution in [0.4, 0.5) is 0 Å². The van der Waals surface area contributed by atoms with Gasteiger partial charge >= 0.3 is 0 Å². The number of nitrogens with one attached hydrogen (secondary N) is 1.